The highest BCUT2D eigenvalue weighted by atomic mass is 32.2. The van der Waals surface area contributed by atoms with Gasteiger partial charge >= 0.3 is 5.97 Å². The molecule has 5 nitrogen and oxygen atoms in total. The number of carbonyl (C=O) groups is 1. The molecule has 0 atom stereocenters. The molecule has 0 unspecified atom stereocenters. The maximum absolute atomic E-state index is 11.7. The van der Waals surface area contributed by atoms with Gasteiger partial charge in [-0.15, -0.1) is 11.8 Å². The predicted molar refractivity (Wildman–Crippen MR) is 79.4 cm³/mol. The zero-order chi connectivity index (χ0) is 15.0. The Morgan fingerprint density at radius 2 is 2.05 bits per heavy atom. The first-order chi connectivity index (χ1) is 9.65. The number of esters is 1. The zero-order valence-electron chi connectivity index (χ0n) is 11.6. The molecule has 1 N–H and O–H groups in total. The summed E-state index contributed by atoms with van der Waals surface area (Å²) in [5, 5.41) is 12.6. The first kappa shape index (κ1) is 15.9. The third-order valence-electron chi connectivity index (χ3n) is 2.37. The zero-order valence-corrected chi connectivity index (χ0v) is 12.4. The highest BCUT2D eigenvalue weighted by molar-refractivity contribution is 8.02. The quantitative estimate of drug-likeness (QED) is 0.494. The average Bonchev–Trinajstić information content (AvgIpc) is 2.48. The van der Waals surface area contributed by atoms with Crippen molar-refractivity contribution in [1.29, 1.82) is 5.26 Å². The molecule has 0 aromatic heterocycles. The van der Waals surface area contributed by atoms with Gasteiger partial charge in [0, 0.05) is 5.69 Å². The number of anilines is 1. The Balaban J connectivity index is 2.98. The Labute approximate surface area is 122 Å². The van der Waals surface area contributed by atoms with Crippen molar-refractivity contribution in [2.75, 3.05) is 25.3 Å². The Kier molecular flexibility index (Phi) is 6.47. The largest absolute Gasteiger partial charge is 0.497 e. The van der Waals surface area contributed by atoms with Crippen molar-refractivity contribution < 1.29 is 14.3 Å². The van der Waals surface area contributed by atoms with Crippen LogP contribution in [0.2, 0.25) is 0 Å². The van der Waals surface area contributed by atoms with E-state index in [0.29, 0.717) is 5.03 Å². The van der Waals surface area contributed by atoms with Crippen LogP contribution in [-0.4, -0.2) is 25.9 Å². The summed E-state index contributed by atoms with van der Waals surface area (Å²) in [5.74, 6) is 0.108. The van der Waals surface area contributed by atoms with E-state index >= 15 is 0 Å². The molecule has 0 aliphatic carbocycles. The molecule has 6 heteroatoms. The van der Waals surface area contributed by atoms with Crippen LogP contribution in [0, 0.1) is 11.3 Å². The minimum Gasteiger partial charge on any atom is -0.497 e. The average molecular weight is 292 g/mol. The number of nitriles is 1. The molecule has 1 aromatic rings. The van der Waals surface area contributed by atoms with Crippen LogP contribution in [0.3, 0.4) is 0 Å². The van der Waals surface area contributed by atoms with Crippen LogP contribution in [0.25, 0.3) is 0 Å². The van der Waals surface area contributed by atoms with E-state index in [0.717, 1.165) is 11.4 Å². The first-order valence-electron chi connectivity index (χ1n) is 5.92. The van der Waals surface area contributed by atoms with E-state index in [1.54, 1.807) is 44.6 Å². The second-order valence-electron chi connectivity index (χ2n) is 3.59. The fourth-order valence-corrected chi connectivity index (χ4v) is 1.97. The summed E-state index contributed by atoms with van der Waals surface area (Å²) in [5.41, 5.74) is 0.724. The molecule has 0 heterocycles. The van der Waals surface area contributed by atoms with E-state index in [4.69, 9.17) is 14.7 Å². The van der Waals surface area contributed by atoms with E-state index in [9.17, 15) is 4.79 Å². The van der Waals surface area contributed by atoms with Crippen LogP contribution in [0.15, 0.2) is 34.9 Å². The summed E-state index contributed by atoms with van der Waals surface area (Å²) in [6.07, 6.45) is 1.78. The molecule has 0 amide bonds. The van der Waals surface area contributed by atoms with Gasteiger partial charge in [-0.05, 0) is 37.4 Å². The van der Waals surface area contributed by atoms with Crippen LogP contribution in [0.1, 0.15) is 6.92 Å². The van der Waals surface area contributed by atoms with Crippen molar-refractivity contribution in [3.63, 3.8) is 0 Å². The molecule has 106 valence electrons. The summed E-state index contributed by atoms with van der Waals surface area (Å²) in [6.45, 7) is 1.93. The highest BCUT2D eigenvalue weighted by Gasteiger charge is 2.16. The lowest BCUT2D eigenvalue weighted by Gasteiger charge is -2.11. The fourth-order valence-electron chi connectivity index (χ4n) is 1.41. The summed E-state index contributed by atoms with van der Waals surface area (Å²) in [4.78, 5) is 11.7. The Bertz CT molecular complexity index is 532. The van der Waals surface area contributed by atoms with E-state index in [-0.39, 0.29) is 12.2 Å². The standard InChI is InChI=1S/C14H16N2O3S/c1-4-19-14(17)12(9-15)13(20-3)16-10-5-7-11(18-2)8-6-10/h5-8,16H,4H2,1-3H3/b13-12+. The van der Waals surface area contributed by atoms with Gasteiger partial charge in [0.25, 0.3) is 0 Å². The van der Waals surface area contributed by atoms with E-state index in [1.807, 2.05) is 6.07 Å². The van der Waals surface area contributed by atoms with Crippen molar-refractivity contribution in [2.45, 2.75) is 6.92 Å². The van der Waals surface area contributed by atoms with Gasteiger partial charge in [-0.1, -0.05) is 0 Å². The summed E-state index contributed by atoms with van der Waals surface area (Å²) < 4.78 is 9.93. The van der Waals surface area contributed by atoms with Crippen LogP contribution in [0.4, 0.5) is 5.69 Å². The number of ether oxygens (including phenoxy) is 2. The van der Waals surface area contributed by atoms with Gasteiger partial charge < -0.3 is 14.8 Å². The summed E-state index contributed by atoms with van der Waals surface area (Å²) >= 11 is 1.28. The van der Waals surface area contributed by atoms with Crippen LogP contribution in [0.5, 0.6) is 5.75 Å². The van der Waals surface area contributed by atoms with Gasteiger partial charge in [0.05, 0.1) is 18.7 Å². The molecule has 0 aliphatic rings. The molecular formula is C14H16N2O3S. The van der Waals surface area contributed by atoms with Gasteiger partial charge in [-0.25, -0.2) is 4.79 Å². The van der Waals surface area contributed by atoms with Gasteiger partial charge in [-0.3, -0.25) is 0 Å². The number of thioether (sulfide) groups is 1. The molecule has 1 rings (SSSR count). The maximum atomic E-state index is 11.7. The SMILES string of the molecule is CCOC(=O)/C(C#N)=C(\Nc1ccc(OC)cc1)SC. The normalized spacial score (nSPS) is 11.1. The molecule has 0 aliphatic heterocycles. The van der Waals surface area contributed by atoms with Crippen LogP contribution >= 0.6 is 11.8 Å². The number of nitrogens with zero attached hydrogens (tertiary/aromatic N) is 1. The van der Waals surface area contributed by atoms with Gasteiger partial charge in [0.2, 0.25) is 0 Å². The molecule has 0 bridgehead atoms. The number of carbonyl (C=O) groups excluding carboxylic acids is 1. The van der Waals surface area contributed by atoms with Gasteiger partial charge in [0.1, 0.15) is 11.8 Å². The second kappa shape index (κ2) is 8.12. The summed E-state index contributed by atoms with van der Waals surface area (Å²) in [7, 11) is 1.59. The number of benzene rings is 1. The lowest BCUT2D eigenvalue weighted by atomic mass is 10.3. The number of hydrogen-bond donors (Lipinski definition) is 1. The third kappa shape index (κ3) is 4.21. The molecule has 0 saturated heterocycles. The third-order valence-corrected chi connectivity index (χ3v) is 3.08. The fraction of sp³-hybridized carbons (Fsp3) is 0.286. The van der Waals surface area contributed by atoms with Crippen LogP contribution in [-0.2, 0) is 9.53 Å². The smallest absolute Gasteiger partial charge is 0.351 e. The second-order valence-corrected chi connectivity index (χ2v) is 4.41. The summed E-state index contributed by atoms with van der Waals surface area (Å²) in [6, 6.07) is 9.06. The van der Waals surface area contributed by atoms with Crippen molar-refractivity contribution in [3.8, 4) is 11.8 Å². The molecule has 0 radical (unpaired) electrons. The van der Waals surface area contributed by atoms with Gasteiger partial charge in [-0.2, -0.15) is 5.26 Å². The van der Waals surface area contributed by atoms with Gasteiger partial charge in [0.15, 0.2) is 5.57 Å². The van der Waals surface area contributed by atoms with E-state index < -0.39 is 5.97 Å². The van der Waals surface area contributed by atoms with Crippen molar-refractivity contribution in [1.82, 2.24) is 0 Å². The lowest BCUT2D eigenvalue weighted by molar-refractivity contribution is -0.138. The van der Waals surface area contributed by atoms with Crippen molar-refractivity contribution in [3.05, 3.63) is 34.9 Å². The maximum Gasteiger partial charge on any atom is 0.351 e. The van der Waals surface area contributed by atoms with Crippen molar-refractivity contribution >= 4 is 23.4 Å². The Morgan fingerprint density at radius 1 is 1.40 bits per heavy atom. The molecular weight excluding hydrogens is 276 g/mol. The predicted octanol–water partition coefficient (Wildman–Crippen LogP) is 2.77. The van der Waals surface area contributed by atoms with E-state index in [2.05, 4.69) is 5.32 Å². The minimum atomic E-state index is -0.625. The molecule has 0 saturated carbocycles. The van der Waals surface area contributed by atoms with E-state index in [1.165, 1.54) is 11.8 Å². The van der Waals surface area contributed by atoms with Crippen LogP contribution < -0.4 is 10.1 Å². The molecule has 1 aromatic carbocycles. The Morgan fingerprint density at radius 3 is 2.50 bits per heavy atom. The Hall–Kier alpha value is -2.13. The number of rotatable bonds is 6. The lowest BCUT2D eigenvalue weighted by Crippen LogP contribution is -2.11. The number of methoxy groups -OCH3 is 1. The molecule has 0 fully saturated rings. The first-order valence-corrected chi connectivity index (χ1v) is 7.15. The number of hydrogen-bond acceptors (Lipinski definition) is 6. The molecule has 20 heavy (non-hydrogen) atoms. The highest BCUT2D eigenvalue weighted by Crippen LogP contribution is 2.23. The minimum absolute atomic E-state index is 0.0323. The number of nitrogens with one attached hydrogen (secondary N) is 1. The monoisotopic (exact) mass is 292 g/mol. The molecule has 0 spiro atoms. The topological polar surface area (TPSA) is 71.4 Å². The van der Waals surface area contributed by atoms with Crippen molar-refractivity contribution in [2.24, 2.45) is 0 Å².